The summed E-state index contributed by atoms with van der Waals surface area (Å²) >= 11 is 15.6. The van der Waals surface area contributed by atoms with Gasteiger partial charge >= 0.3 is 0 Å². The van der Waals surface area contributed by atoms with Crippen molar-refractivity contribution in [1.29, 1.82) is 5.26 Å². The minimum absolute atomic E-state index is 0.451. The Hall–Kier alpha value is -1.47. The zero-order valence-corrected chi connectivity index (χ0v) is 15.5. The van der Waals surface area contributed by atoms with E-state index in [1.807, 2.05) is 18.2 Å². The summed E-state index contributed by atoms with van der Waals surface area (Å²) in [5.74, 6) is 0.784. The Bertz CT molecular complexity index is 781. The van der Waals surface area contributed by atoms with Gasteiger partial charge in [-0.25, -0.2) is 0 Å². The quantitative estimate of drug-likeness (QED) is 0.410. The van der Waals surface area contributed by atoms with Gasteiger partial charge in [-0.15, -0.1) is 0 Å². The predicted octanol–water partition coefficient (Wildman–Crippen LogP) is 6.61. The van der Waals surface area contributed by atoms with Crippen LogP contribution in [0.5, 0.6) is 5.75 Å². The highest BCUT2D eigenvalue weighted by Gasteiger charge is 2.08. The van der Waals surface area contributed by atoms with E-state index in [0.29, 0.717) is 27.8 Å². The number of allylic oxidation sites excluding steroid dienone is 1. The molecule has 0 fully saturated rings. The van der Waals surface area contributed by atoms with E-state index in [0.717, 1.165) is 22.2 Å². The van der Waals surface area contributed by atoms with Gasteiger partial charge in [-0.3, -0.25) is 0 Å². The Morgan fingerprint density at radius 1 is 1.26 bits per heavy atom. The topological polar surface area (TPSA) is 33.0 Å². The number of nitriles is 1. The third-order valence-corrected chi connectivity index (χ3v) is 4.24. The Labute approximate surface area is 154 Å². The van der Waals surface area contributed by atoms with E-state index in [1.54, 1.807) is 24.3 Å². The van der Waals surface area contributed by atoms with Crippen molar-refractivity contribution in [2.45, 2.75) is 13.3 Å². The second-order valence-electron chi connectivity index (χ2n) is 4.83. The Kier molecular flexibility index (Phi) is 6.53. The smallest absolute Gasteiger partial charge is 0.133 e. The molecule has 118 valence electrons. The molecule has 0 atom stereocenters. The molecule has 0 radical (unpaired) electrons. The number of benzene rings is 2. The van der Waals surface area contributed by atoms with Crippen molar-refractivity contribution in [3.05, 3.63) is 62.0 Å². The largest absolute Gasteiger partial charge is 0.492 e. The molecule has 23 heavy (non-hydrogen) atoms. The number of halogens is 3. The maximum atomic E-state index is 9.43. The summed E-state index contributed by atoms with van der Waals surface area (Å²) < 4.78 is 6.47. The molecule has 0 amide bonds. The van der Waals surface area contributed by atoms with Crippen molar-refractivity contribution in [3.8, 4) is 11.8 Å². The van der Waals surface area contributed by atoms with Crippen LogP contribution in [0.1, 0.15) is 24.5 Å². The van der Waals surface area contributed by atoms with Gasteiger partial charge in [-0.1, -0.05) is 42.3 Å². The lowest BCUT2D eigenvalue weighted by Gasteiger charge is -2.08. The highest BCUT2D eigenvalue weighted by molar-refractivity contribution is 9.10. The van der Waals surface area contributed by atoms with Crippen molar-refractivity contribution < 1.29 is 4.74 Å². The van der Waals surface area contributed by atoms with Crippen LogP contribution in [-0.4, -0.2) is 6.61 Å². The first-order valence-electron chi connectivity index (χ1n) is 7.04. The summed E-state index contributed by atoms with van der Waals surface area (Å²) in [7, 11) is 0. The van der Waals surface area contributed by atoms with Crippen molar-refractivity contribution in [2.24, 2.45) is 0 Å². The van der Waals surface area contributed by atoms with Crippen LogP contribution in [0.3, 0.4) is 0 Å². The minimum atomic E-state index is 0.451. The van der Waals surface area contributed by atoms with Gasteiger partial charge in [0, 0.05) is 10.6 Å². The fourth-order valence-corrected chi connectivity index (χ4v) is 3.00. The first-order chi connectivity index (χ1) is 11.0. The summed E-state index contributed by atoms with van der Waals surface area (Å²) in [5, 5.41) is 10.4. The highest BCUT2D eigenvalue weighted by Crippen LogP contribution is 2.30. The van der Waals surface area contributed by atoms with Crippen LogP contribution in [0.2, 0.25) is 10.0 Å². The second kappa shape index (κ2) is 8.40. The van der Waals surface area contributed by atoms with Crippen molar-refractivity contribution >= 4 is 50.8 Å². The molecule has 0 aliphatic heterocycles. The van der Waals surface area contributed by atoms with Crippen LogP contribution in [0.4, 0.5) is 0 Å². The zero-order chi connectivity index (χ0) is 16.8. The lowest BCUT2D eigenvalue weighted by atomic mass is 10.0. The molecule has 0 saturated carbocycles. The van der Waals surface area contributed by atoms with Crippen LogP contribution < -0.4 is 4.74 Å². The Morgan fingerprint density at radius 3 is 2.65 bits per heavy atom. The van der Waals surface area contributed by atoms with Crippen molar-refractivity contribution in [3.63, 3.8) is 0 Å². The van der Waals surface area contributed by atoms with Crippen LogP contribution >= 0.6 is 39.1 Å². The third kappa shape index (κ3) is 4.75. The standard InChI is InChI=1S/C18H14BrCl2NO/c1-2-7-23-18-6-3-12(9-16(18)19)8-13(11-22)15-5-4-14(20)10-17(15)21/h3-6,8-10H,2,7H2,1H3/b13-8+. The molecule has 0 spiro atoms. The van der Waals surface area contributed by atoms with Gasteiger partial charge in [-0.05, 0) is 58.3 Å². The fourth-order valence-electron chi connectivity index (χ4n) is 1.98. The Morgan fingerprint density at radius 2 is 2.04 bits per heavy atom. The summed E-state index contributed by atoms with van der Waals surface area (Å²) in [6.07, 6.45) is 2.73. The summed E-state index contributed by atoms with van der Waals surface area (Å²) in [4.78, 5) is 0. The van der Waals surface area contributed by atoms with E-state index in [-0.39, 0.29) is 0 Å². The lowest BCUT2D eigenvalue weighted by Crippen LogP contribution is -1.95. The SMILES string of the molecule is CCCOc1ccc(/C=C(\C#N)c2ccc(Cl)cc2Cl)cc1Br. The van der Waals surface area contributed by atoms with Gasteiger partial charge in [0.05, 0.1) is 27.7 Å². The predicted molar refractivity (Wildman–Crippen MR) is 99.9 cm³/mol. The van der Waals surface area contributed by atoms with E-state index < -0.39 is 0 Å². The van der Waals surface area contributed by atoms with Gasteiger partial charge in [0.2, 0.25) is 0 Å². The van der Waals surface area contributed by atoms with Crippen molar-refractivity contribution in [2.75, 3.05) is 6.61 Å². The van der Waals surface area contributed by atoms with E-state index in [1.165, 1.54) is 0 Å². The fraction of sp³-hybridized carbons (Fsp3) is 0.167. The average Bonchev–Trinajstić information content (AvgIpc) is 2.52. The molecule has 0 heterocycles. The molecule has 0 saturated heterocycles. The van der Waals surface area contributed by atoms with Crippen LogP contribution in [0.25, 0.3) is 11.6 Å². The molecule has 2 rings (SSSR count). The average molecular weight is 411 g/mol. The monoisotopic (exact) mass is 409 g/mol. The number of ether oxygens (including phenoxy) is 1. The first kappa shape index (κ1) is 17.9. The molecule has 0 bridgehead atoms. The van der Waals surface area contributed by atoms with Gasteiger partial charge in [-0.2, -0.15) is 5.26 Å². The summed E-state index contributed by atoms with van der Waals surface area (Å²) in [6, 6.07) is 13.0. The van der Waals surface area contributed by atoms with Gasteiger partial charge in [0.15, 0.2) is 0 Å². The molecule has 0 N–H and O–H groups in total. The van der Waals surface area contributed by atoms with Crippen LogP contribution in [0.15, 0.2) is 40.9 Å². The van der Waals surface area contributed by atoms with E-state index in [2.05, 4.69) is 28.9 Å². The maximum absolute atomic E-state index is 9.43. The Balaban J connectivity index is 2.35. The number of hydrogen-bond acceptors (Lipinski definition) is 2. The molecule has 0 aliphatic carbocycles. The van der Waals surface area contributed by atoms with Crippen molar-refractivity contribution in [1.82, 2.24) is 0 Å². The van der Waals surface area contributed by atoms with E-state index in [9.17, 15) is 5.26 Å². The molecule has 0 unspecified atom stereocenters. The van der Waals surface area contributed by atoms with Gasteiger partial charge in [0.25, 0.3) is 0 Å². The molecule has 0 aliphatic rings. The molecular formula is C18H14BrCl2NO. The first-order valence-corrected chi connectivity index (χ1v) is 8.59. The highest BCUT2D eigenvalue weighted by atomic mass is 79.9. The third-order valence-electron chi connectivity index (χ3n) is 3.07. The molecule has 2 nitrogen and oxygen atoms in total. The molecule has 0 aromatic heterocycles. The zero-order valence-electron chi connectivity index (χ0n) is 12.4. The molecule has 5 heteroatoms. The maximum Gasteiger partial charge on any atom is 0.133 e. The van der Waals surface area contributed by atoms with Gasteiger partial charge in [0.1, 0.15) is 5.75 Å². The van der Waals surface area contributed by atoms with E-state index >= 15 is 0 Å². The van der Waals surface area contributed by atoms with E-state index in [4.69, 9.17) is 27.9 Å². The lowest BCUT2D eigenvalue weighted by molar-refractivity contribution is 0.315. The number of rotatable bonds is 5. The molecule has 2 aromatic rings. The van der Waals surface area contributed by atoms with Crippen LogP contribution in [0, 0.1) is 11.3 Å². The van der Waals surface area contributed by atoms with Crippen LogP contribution in [-0.2, 0) is 0 Å². The summed E-state index contributed by atoms with van der Waals surface area (Å²) in [6.45, 7) is 2.72. The summed E-state index contributed by atoms with van der Waals surface area (Å²) in [5.41, 5.74) is 2.00. The number of hydrogen-bond donors (Lipinski definition) is 0. The normalized spacial score (nSPS) is 11.2. The number of nitrogens with zero attached hydrogens (tertiary/aromatic N) is 1. The molecule has 2 aromatic carbocycles. The molecular weight excluding hydrogens is 397 g/mol. The van der Waals surface area contributed by atoms with Gasteiger partial charge < -0.3 is 4.74 Å². The second-order valence-corrected chi connectivity index (χ2v) is 6.53. The minimum Gasteiger partial charge on any atom is -0.492 e.